The van der Waals surface area contributed by atoms with Crippen LogP contribution in [0.1, 0.15) is 33.3 Å². The molecule has 4 nitrogen and oxygen atoms in total. The number of halogens is 3. The molecule has 1 aromatic heterocycles. The SMILES string of the molecule is CC1(C)OB(C(F)=Cc2cccn(CC(F)F)c2=O)OC1(C)C. The van der Waals surface area contributed by atoms with Gasteiger partial charge in [-0.2, -0.15) is 0 Å². The minimum absolute atomic E-state index is 0.0413. The average Bonchev–Trinajstić information content (AvgIpc) is 2.63. The van der Waals surface area contributed by atoms with Gasteiger partial charge >= 0.3 is 7.12 Å². The van der Waals surface area contributed by atoms with Crippen molar-refractivity contribution in [2.75, 3.05) is 0 Å². The van der Waals surface area contributed by atoms with Crippen LogP contribution in [0.25, 0.3) is 6.08 Å². The second kappa shape index (κ2) is 6.16. The van der Waals surface area contributed by atoms with Crippen molar-refractivity contribution in [3.8, 4) is 0 Å². The number of nitrogens with zero attached hydrogens (tertiary/aromatic N) is 1. The van der Waals surface area contributed by atoms with E-state index in [1.54, 1.807) is 27.7 Å². The zero-order chi connectivity index (χ0) is 17.4. The molecule has 1 fully saturated rings. The van der Waals surface area contributed by atoms with E-state index in [0.29, 0.717) is 0 Å². The lowest BCUT2D eigenvalue weighted by Gasteiger charge is -2.32. The van der Waals surface area contributed by atoms with E-state index in [0.717, 1.165) is 10.6 Å². The van der Waals surface area contributed by atoms with Gasteiger partial charge in [0.1, 0.15) is 5.73 Å². The summed E-state index contributed by atoms with van der Waals surface area (Å²) in [6, 6.07) is 2.77. The Balaban J connectivity index is 2.28. The Morgan fingerprint density at radius 2 is 1.87 bits per heavy atom. The Kier molecular flexibility index (Phi) is 4.77. The van der Waals surface area contributed by atoms with E-state index in [9.17, 15) is 18.0 Å². The summed E-state index contributed by atoms with van der Waals surface area (Å²) in [6.45, 7) is 6.37. The van der Waals surface area contributed by atoms with Crippen molar-refractivity contribution < 1.29 is 22.5 Å². The fraction of sp³-hybridized carbons (Fsp3) is 0.533. The summed E-state index contributed by atoms with van der Waals surface area (Å²) in [4.78, 5) is 12.0. The van der Waals surface area contributed by atoms with Crippen LogP contribution in [0.4, 0.5) is 13.2 Å². The monoisotopic (exact) mass is 329 g/mol. The molecule has 0 bridgehead atoms. The van der Waals surface area contributed by atoms with Crippen LogP contribution < -0.4 is 5.56 Å². The Bertz CT molecular complexity index is 654. The molecule has 0 N–H and O–H groups in total. The molecule has 1 saturated heterocycles. The summed E-state index contributed by atoms with van der Waals surface area (Å²) in [7, 11) is -1.23. The fourth-order valence-electron chi connectivity index (χ4n) is 2.13. The second-order valence-corrected chi connectivity index (χ2v) is 6.43. The molecular formula is C15H19BF3NO3. The highest BCUT2D eigenvalue weighted by molar-refractivity contribution is 6.54. The predicted octanol–water partition coefficient (Wildman–Crippen LogP) is 3.06. The van der Waals surface area contributed by atoms with Crippen molar-refractivity contribution in [2.45, 2.75) is 51.9 Å². The summed E-state index contributed by atoms with van der Waals surface area (Å²) >= 11 is 0. The zero-order valence-electron chi connectivity index (χ0n) is 13.5. The average molecular weight is 329 g/mol. The highest BCUT2D eigenvalue weighted by Crippen LogP contribution is 2.38. The lowest BCUT2D eigenvalue weighted by atomic mass is 9.87. The van der Waals surface area contributed by atoms with E-state index in [2.05, 4.69) is 0 Å². The molecule has 0 unspecified atom stereocenters. The lowest BCUT2D eigenvalue weighted by Crippen LogP contribution is -2.41. The molecule has 2 heterocycles. The molecule has 0 aliphatic carbocycles. The maximum Gasteiger partial charge on any atom is 0.525 e. The fourth-order valence-corrected chi connectivity index (χ4v) is 2.13. The van der Waals surface area contributed by atoms with Gasteiger partial charge in [0.25, 0.3) is 12.0 Å². The van der Waals surface area contributed by atoms with Crippen molar-refractivity contribution in [3.63, 3.8) is 0 Å². The van der Waals surface area contributed by atoms with Gasteiger partial charge in [-0.25, -0.2) is 13.2 Å². The minimum Gasteiger partial charge on any atom is -0.398 e. The molecule has 0 aromatic carbocycles. The highest BCUT2D eigenvalue weighted by Gasteiger charge is 2.53. The van der Waals surface area contributed by atoms with Gasteiger partial charge in [0.05, 0.1) is 17.7 Å². The van der Waals surface area contributed by atoms with E-state index < -0.39 is 42.6 Å². The van der Waals surface area contributed by atoms with Crippen molar-refractivity contribution >= 4 is 13.2 Å². The van der Waals surface area contributed by atoms with Crippen molar-refractivity contribution in [1.82, 2.24) is 4.57 Å². The number of aromatic nitrogens is 1. The van der Waals surface area contributed by atoms with Crippen LogP contribution in [0.2, 0.25) is 0 Å². The van der Waals surface area contributed by atoms with Crippen molar-refractivity contribution in [2.24, 2.45) is 0 Å². The van der Waals surface area contributed by atoms with E-state index in [1.165, 1.54) is 18.3 Å². The number of hydrogen-bond donors (Lipinski definition) is 0. The van der Waals surface area contributed by atoms with E-state index >= 15 is 0 Å². The first kappa shape index (κ1) is 17.8. The molecule has 126 valence electrons. The van der Waals surface area contributed by atoms with Crippen molar-refractivity contribution in [1.29, 1.82) is 0 Å². The van der Waals surface area contributed by atoms with Gasteiger partial charge in [-0.05, 0) is 45.9 Å². The quantitative estimate of drug-likeness (QED) is 0.797. The van der Waals surface area contributed by atoms with Crippen LogP contribution >= 0.6 is 0 Å². The Morgan fingerprint density at radius 1 is 1.30 bits per heavy atom. The largest absolute Gasteiger partial charge is 0.525 e. The van der Waals surface area contributed by atoms with Crippen LogP contribution in [0.3, 0.4) is 0 Å². The van der Waals surface area contributed by atoms with Crippen LogP contribution in [0, 0.1) is 0 Å². The highest BCUT2D eigenvalue weighted by atomic mass is 19.3. The first-order chi connectivity index (χ1) is 10.5. The molecule has 1 aliphatic heterocycles. The molecular weight excluding hydrogens is 310 g/mol. The molecule has 1 aliphatic rings. The Hall–Kier alpha value is -1.54. The maximum absolute atomic E-state index is 14.4. The number of hydrogen-bond acceptors (Lipinski definition) is 3. The standard InChI is InChI=1S/C15H19BF3NO3/c1-14(2)15(3,4)23-16(22-14)11(17)8-10-6-5-7-20(13(10)21)9-12(18)19/h5-8,12H,9H2,1-4H3. The Morgan fingerprint density at radius 3 is 2.39 bits per heavy atom. The first-order valence-electron chi connectivity index (χ1n) is 7.24. The smallest absolute Gasteiger partial charge is 0.398 e. The number of pyridine rings is 1. The van der Waals surface area contributed by atoms with E-state index in [1.807, 2.05) is 0 Å². The molecule has 0 radical (unpaired) electrons. The number of alkyl halides is 2. The molecule has 0 amide bonds. The summed E-state index contributed by atoms with van der Waals surface area (Å²) in [6.07, 6.45) is -0.467. The van der Waals surface area contributed by atoms with Crippen molar-refractivity contribution in [3.05, 3.63) is 40.0 Å². The van der Waals surface area contributed by atoms with Gasteiger partial charge in [-0.15, -0.1) is 0 Å². The third-order valence-electron chi connectivity index (χ3n) is 4.16. The van der Waals surface area contributed by atoms with Gasteiger partial charge < -0.3 is 13.9 Å². The summed E-state index contributed by atoms with van der Waals surface area (Å²) in [5.41, 5.74) is -2.94. The van der Waals surface area contributed by atoms with Crippen LogP contribution in [0.15, 0.2) is 28.9 Å². The molecule has 1 aromatic rings. The molecule has 0 atom stereocenters. The third-order valence-corrected chi connectivity index (χ3v) is 4.16. The van der Waals surface area contributed by atoms with Gasteiger partial charge in [-0.3, -0.25) is 4.79 Å². The van der Waals surface area contributed by atoms with Gasteiger partial charge in [0.2, 0.25) is 0 Å². The van der Waals surface area contributed by atoms with Crippen LogP contribution in [-0.2, 0) is 15.9 Å². The van der Waals surface area contributed by atoms with Crippen LogP contribution in [-0.4, -0.2) is 29.3 Å². The number of rotatable bonds is 4. The maximum atomic E-state index is 14.4. The normalized spacial score (nSPS) is 20.3. The second-order valence-electron chi connectivity index (χ2n) is 6.43. The summed E-state index contributed by atoms with van der Waals surface area (Å²) in [5.74, 6) is 0. The Labute approximate surface area is 133 Å². The van der Waals surface area contributed by atoms with Gasteiger partial charge in [0.15, 0.2) is 0 Å². The molecule has 8 heteroatoms. The summed E-state index contributed by atoms with van der Waals surface area (Å²) < 4.78 is 51.1. The van der Waals surface area contributed by atoms with E-state index in [-0.39, 0.29) is 5.56 Å². The first-order valence-corrected chi connectivity index (χ1v) is 7.24. The van der Waals surface area contributed by atoms with Crippen LogP contribution in [0.5, 0.6) is 0 Å². The molecule has 23 heavy (non-hydrogen) atoms. The topological polar surface area (TPSA) is 40.5 Å². The predicted molar refractivity (Wildman–Crippen MR) is 81.9 cm³/mol. The summed E-state index contributed by atoms with van der Waals surface area (Å²) in [5, 5.41) is 0. The third kappa shape index (κ3) is 3.69. The van der Waals surface area contributed by atoms with Gasteiger partial charge in [-0.1, -0.05) is 0 Å². The van der Waals surface area contributed by atoms with E-state index in [4.69, 9.17) is 9.31 Å². The van der Waals surface area contributed by atoms with Gasteiger partial charge in [0, 0.05) is 11.8 Å². The zero-order valence-corrected chi connectivity index (χ0v) is 13.5. The molecule has 0 spiro atoms. The lowest BCUT2D eigenvalue weighted by molar-refractivity contribution is 0.00578. The molecule has 0 saturated carbocycles. The molecule has 2 rings (SSSR count). The minimum atomic E-state index is -2.67.